The van der Waals surface area contributed by atoms with Gasteiger partial charge in [0.15, 0.2) is 0 Å². The third kappa shape index (κ3) is 2.45. The van der Waals surface area contributed by atoms with Crippen LogP contribution in [0.3, 0.4) is 0 Å². The molecule has 2 aromatic rings. The summed E-state index contributed by atoms with van der Waals surface area (Å²) < 4.78 is 0. The zero-order chi connectivity index (χ0) is 13.1. The fourth-order valence-electron chi connectivity index (χ4n) is 2.75. The van der Waals surface area contributed by atoms with Crippen molar-refractivity contribution in [3.05, 3.63) is 42.1 Å². The van der Waals surface area contributed by atoms with Crippen LogP contribution >= 0.6 is 0 Å². The average Bonchev–Trinajstić information content (AvgIpc) is 2.49. The Bertz CT molecular complexity index is 609. The molecule has 19 heavy (non-hydrogen) atoms. The van der Waals surface area contributed by atoms with Gasteiger partial charge in [0.1, 0.15) is 6.04 Å². The summed E-state index contributed by atoms with van der Waals surface area (Å²) in [7, 11) is 0. The van der Waals surface area contributed by atoms with E-state index in [0.29, 0.717) is 0 Å². The highest BCUT2D eigenvalue weighted by molar-refractivity contribution is 5.78. The summed E-state index contributed by atoms with van der Waals surface area (Å²) in [5.74, 6) is 0. The van der Waals surface area contributed by atoms with Gasteiger partial charge in [0, 0.05) is 5.39 Å². The predicted octanol–water partition coefficient (Wildman–Crippen LogP) is 3.29. The number of para-hydroxylation sites is 1. The molecule has 0 amide bonds. The number of piperidine rings is 1. The van der Waals surface area contributed by atoms with Gasteiger partial charge < -0.3 is 0 Å². The van der Waals surface area contributed by atoms with Crippen LogP contribution in [0.5, 0.6) is 0 Å². The molecule has 1 aliphatic heterocycles. The van der Waals surface area contributed by atoms with Crippen molar-refractivity contribution in [3.63, 3.8) is 0 Å². The minimum atomic E-state index is -0.204. The molecule has 3 rings (SSSR count). The van der Waals surface area contributed by atoms with Crippen molar-refractivity contribution in [1.82, 2.24) is 9.88 Å². The molecule has 1 saturated heterocycles. The van der Waals surface area contributed by atoms with E-state index in [4.69, 9.17) is 0 Å². The highest BCUT2D eigenvalue weighted by Gasteiger charge is 2.22. The Kier molecular flexibility index (Phi) is 3.43. The van der Waals surface area contributed by atoms with Gasteiger partial charge in [0.05, 0.1) is 17.3 Å². The molecule has 96 valence electrons. The van der Waals surface area contributed by atoms with Gasteiger partial charge in [-0.15, -0.1) is 0 Å². The second-order valence-corrected chi connectivity index (χ2v) is 5.06. The van der Waals surface area contributed by atoms with Crippen LogP contribution in [0.1, 0.15) is 31.0 Å². The molecule has 0 saturated carbocycles. The summed E-state index contributed by atoms with van der Waals surface area (Å²) in [6.07, 6.45) is 3.65. The largest absolute Gasteiger partial charge is 0.283 e. The molecule has 0 N–H and O–H groups in total. The lowest BCUT2D eigenvalue weighted by molar-refractivity contribution is 0.193. The topological polar surface area (TPSA) is 39.9 Å². The number of nitrogens with zero attached hydrogens (tertiary/aromatic N) is 3. The van der Waals surface area contributed by atoms with E-state index in [9.17, 15) is 5.26 Å². The zero-order valence-corrected chi connectivity index (χ0v) is 10.9. The van der Waals surface area contributed by atoms with E-state index in [1.807, 2.05) is 30.3 Å². The number of rotatable bonds is 2. The molecule has 2 heterocycles. The van der Waals surface area contributed by atoms with Crippen molar-refractivity contribution in [2.24, 2.45) is 0 Å². The first-order valence-electron chi connectivity index (χ1n) is 6.88. The van der Waals surface area contributed by atoms with Gasteiger partial charge >= 0.3 is 0 Å². The molecule has 0 bridgehead atoms. The highest BCUT2D eigenvalue weighted by atomic mass is 15.2. The smallest absolute Gasteiger partial charge is 0.140 e. The van der Waals surface area contributed by atoms with Crippen molar-refractivity contribution in [2.45, 2.75) is 25.3 Å². The monoisotopic (exact) mass is 251 g/mol. The molecule has 3 nitrogen and oxygen atoms in total. The lowest BCUT2D eigenvalue weighted by atomic mass is 10.1. The second kappa shape index (κ2) is 5.38. The number of hydrogen-bond donors (Lipinski definition) is 0. The van der Waals surface area contributed by atoms with Crippen molar-refractivity contribution in [2.75, 3.05) is 13.1 Å². The number of nitriles is 1. The van der Waals surface area contributed by atoms with Gasteiger partial charge in [0.25, 0.3) is 0 Å². The number of aromatic nitrogens is 1. The Morgan fingerprint density at radius 3 is 2.63 bits per heavy atom. The molecule has 1 aromatic carbocycles. The highest BCUT2D eigenvalue weighted by Crippen LogP contribution is 2.24. The maximum atomic E-state index is 9.47. The van der Waals surface area contributed by atoms with Crippen LogP contribution in [0.2, 0.25) is 0 Å². The van der Waals surface area contributed by atoms with Crippen molar-refractivity contribution < 1.29 is 0 Å². The van der Waals surface area contributed by atoms with Crippen LogP contribution < -0.4 is 0 Å². The first kappa shape index (κ1) is 12.1. The van der Waals surface area contributed by atoms with Gasteiger partial charge in [-0.2, -0.15) is 5.26 Å². The lowest BCUT2D eigenvalue weighted by Crippen LogP contribution is -2.33. The summed E-state index contributed by atoms with van der Waals surface area (Å²) in [4.78, 5) is 6.91. The zero-order valence-electron chi connectivity index (χ0n) is 10.9. The van der Waals surface area contributed by atoms with E-state index in [-0.39, 0.29) is 6.04 Å². The van der Waals surface area contributed by atoms with Crippen LogP contribution in [0.15, 0.2) is 36.4 Å². The SMILES string of the molecule is N#CC(c1ccc2ccccc2n1)N1CCCCC1. The normalized spacial score (nSPS) is 18.1. The average molecular weight is 251 g/mol. The van der Waals surface area contributed by atoms with E-state index in [1.165, 1.54) is 19.3 Å². The summed E-state index contributed by atoms with van der Waals surface area (Å²) in [5, 5.41) is 10.6. The Labute approximate surface area is 113 Å². The predicted molar refractivity (Wildman–Crippen MR) is 75.5 cm³/mol. The Hall–Kier alpha value is -1.92. The molecule has 0 aliphatic carbocycles. The summed E-state index contributed by atoms with van der Waals surface area (Å²) in [6.45, 7) is 2.01. The first-order valence-corrected chi connectivity index (χ1v) is 6.88. The fraction of sp³-hybridized carbons (Fsp3) is 0.375. The van der Waals surface area contributed by atoms with Crippen molar-refractivity contribution in [3.8, 4) is 6.07 Å². The van der Waals surface area contributed by atoms with E-state index < -0.39 is 0 Å². The maximum Gasteiger partial charge on any atom is 0.140 e. The minimum Gasteiger partial charge on any atom is -0.283 e. The molecule has 1 aliphatic rings. The van der Waals surface area contributed by atoms with E-state index in [1.54, 1.807) is 0 Å². The van der Waals surface area contributed by atoms with Crippen LogP contribution in [0.4, 0.5) is 0 Å². The molecule has 3 heteroatoms. The Morgan fingerprint density at radius 2 is 1.84 bits per heavy atom. The molecular formula is C16H17N3. The van der Waals surface area contributed by atoms with Crippen LogP contribution in [0, 0.1) is 11.3 Å². The number of fused-ring (bicyclic) bond motifs is 1. The Balaban J connectivity index is 1.94. The summed E-state index contributed by atoms with van der Waals surface area (Å²) in [5.41, 5.74) is 1.85. The number of likely N-dealkylation sites (tertiary alicyclic amines) is 1. The standard InChI is InChI=1S/C16H17N3/c17-12-16(19-10-4-1-5-11-19)15-9-8-13-6-2-3-7-14(13)18-15/h2-3,6-9,16H,1,4-5,10-11H2. The number of pyridine rings is 1. The fourth-order valence-corrected chi connectivity index (χ4v) is 2.75. The van der Waals surface area contributed by atoms with Gasteiger partial charge in [-0.3, -0.25) is 9.88 Å². The maximum absolute atomic E-state index is 9.47. The van der Waals surface area contributed by atoms with Crippen molar-refractivity contribution >= 4 is 10.9 Å². The molecule has 0 radical (unpaired) electrons. The van der Waals surface area contributed by atoms with Crippen LogP contribution in [0.25, 0.3) is 10.9 Å². The Morgan fingerprint density at radius 1 is 1.05 bits per heavy atom. The van der Waals surface area contributed by atoms with E-state index in [0.717, 1.165) is 29.7 Å². The van der Waals surface area contributed by atoms with Gasteiger partial charge in [-0.1, -0.05) is 30.7 Å². The third-order valence-corrected chi connectivity index (χ3v) is 3.78. The summed E-state index contributed by atoms with van der Waals surface area (Å²) in [6, 6.07) is 14.3. The molecule has 0 spiro atoms. The van der Waals surface area contributed by atoms with Gasteiger partial charge in [-0.25, -0.2) is 0 Å². The van der Waals surface area contributed by atoms with Gasteiger partial charge in [-0.05, 0) is 38.1 Å². The van der Waals surface area contributed by atoms with Crippen LogP contribution in [-0.4, -0.2) is 23.0 Å². The third-order valence-electron chi connectivity index (χ3n) is 3.78. The van der Waals surface area contributed by atoms with E-state index >= 15 is 0 Å². The van der Waals surface area contributed by atoms with Crippen molar-refractivity contribution in [1.29, 1.82) is 5.26 Å². The molecule has 1 fully saturated rings. The minimum absolute atomic E-state index is 0.204. The van der Waals surface area contributed by atoms with Gasteiger partial charge in [0.2, 0.25) is 0 Å². The lowest BCUT2D eigenvalue weighted by Gasteiger charge is -2.30. The molecule has 1 atom stereocenters. The molecule has 1 aromatic heterocycles. The molecule has 1 unspecified atom stereocenters. The second-order valence-electron chi connectivity index (χ2n) is 5.06. The summed E-state index contributed by atoms with van der Waals surface area (Å²) >= 11 is 0. The number of hydrogen-bond acceptors (Lipinski definition) is 3. The van der Waals surface area contributed by atoms with Crippen LogP contribution in [-0.2, 0) is 0 Å². The van der Waals surface area contributed by atoms with E-state index in [2.05, 4.69) is 22.0 Å². The first-order chi connectivity index (χ1) is 9.38. The quantitative estimate of drug-likeness (QED) is 0.822. The number of benzene rings is 1. The molecular weight excluding hydrogens is 234 g/mol.